The third-order valence-corrected chi connectivity index (χ3v) is 6.82. The van der Waals surface area contributed by atoms with E-state index >= 15 is 0 Å². The van der Waals surface area contributed by atoms with Gasteiger partial charge in [0.05, 0.1) is 20.3 Å². The number of benzene rings is 1. The molecule has 1 atom stereocenters. The van der Waals surface area contributed by atoms with Crippen molar-refractivity contribution in [3.8, 4) is 5.75 Å². The van der Waals surface area contributed by atoms with Gasteiger partial charge in [0.2, 0.25) is 0 Å². The smallest absolute Gasteiger partial charge is 0.351 e. The quantitative estimate of drug-likeness (QED) is 0.506. The molecule has 0 aliphatic rings. The van der Waals surface area contributed by atoms with Gasteiger partial charge in [0, 0.05) is 5.56 Å². The summed E-state index contributed by atoms with van der Waals surface area (Å²) >= 11 is 1.17. The Morgan fingerprint density at radius 2 is 1.90 bits per heavy atom. The maximum atomic E-state index is 12.8. The first kappa shape index (κ1) is 18.2. The number of thioether (sulfide) groups is 1. The van der Waals surface area contributed by atoms with Crippen molar-refractivity contribution in [3.05, 3.63) is 29.8 Å². The maximum absolute atomic E-state index is 12.8. The van der Waals surface area contributed by atoms with Crippen LogP contribution in [0, 0.1) is 0 Å². The van der Waals surface area contributed by atoms with Gasteiger partial charge in [-0.3, -0.25) is 9.36 Å². The molecule has 0 fully saturated rings. The summed E-state index contributed by atoms with van der Waals surface area (Å²) in [4.78, 5) is 11.7. The van der Waals surface area contributed by atoms with Gasteiger partial charge in [-0.25, -0.2) is 0 Å². The van der Waals surface area contributed by atoms with E-state index < -0.39 is 12.6 Å². The summed E-state index contributed by atoms with van der Waals surface area (Å²) in [5.41, 5.74) is 0.424. The number of ether oxygens (including phenoxy) is 1. The first-order valence-corrected chi connectivity index (χ1v) is 9.52. The normalized spacial score (nSPS) is 13.0. The van der Waals surface area contributed by atoms with Crippen LogP contribution in [-0.2, 0) is 13.6 Å². The first-order chi connectivity index (χ1) is 10.0. The van der Waals surface area contributed by atoms with E-state index in [0.29, 0.717) is 11.3 Å². The van der Waals surface area contributed by atoms with E-state index in [2.05, 4.69) is 0 Å². The van der Waals surface area contributed by atoms with Crippen molar-refractivity contribution >= 4 is 25.1 Å². The molecule has 5 nitrogen and oxygen atoms in total. The van der Waals surface area contributed by atoms with Gasteiger partial charge in [0.25, 0.3) is 0 Å². The Bertz CT molecular complexity index is 510. The summed E-state index contributed by atoms with van der Waals surface area (Å²) in [5, 5.41) is 0. The Balaban J connectivity index is 3.11. The van der Waals surface area contributed by atoms with Gasteiger partial charge in [-0.1, -0.05) is 12.1 Å². The van der Waals surface area contributed by atoms with E-state index in [1.165, 1.54) is 18.9 Å². The SMILES string of the molecule is CCOP(=O)(OCC)C(SC)C(=O)c1cccc(OC)c1. The Kier molecular flexibility index (Phi) is 7.46. The first-order valence-electron chi connectivity index (χ1n) is 6.62. The zero-order valence-corrected chi connectivity index (χ0v) is 14.4. The second-order valence-corrected chi connectivity index (χ2v) is 7.46. The van der Waals surface area contributed by atoms with Crippen LogP contribution in [0.1, 0.15) is 24.2 Å². The van der Waals surface area contributed by atoms with Gasteiger partial charge >= 0.3 is 7.60 Å². The van der Waals surface area contributed by atoms with Gasteiger partial charge < -0.3 is 13.8 Å². The van der Waals surface area contributed by atoms with Crippen molar-refractivity contribution in [3.63, 3.8) is 0 Å². The highest BCUT2D eigenvalue weighted by Crippen LogP contribution is 2.57. The van der Waals surface area contributed by atoms with Crippen LogP contribution in [0.25, 0.3) is 0 Å². The molecular weight excluding hydrogens is 311 g/mol. The monoisotopic (exact) mass is 332 g/mol. The van der Waals surface area contributed by atoms with Gasteiger partial charge in [0.15, 0.2) is 10.8 Å². The molecule has 0 saturated heterocycles. The summed E-state index contributed by atoms with van der Waals surface area (Å²) in [5.74, 6) is 0.287. The molecule has 7 heteroatoms. The molecule has 0 aromatic heterocycles. The third-order valence-electron chi connectivity index (χ3n) is 2.71. The minimum absolute atomic E-state index is 0.222. The van der Waals surface area contributed by atoms with Crippen molar-refractivity contribution < 1.29 is 23.1 Å². The second kappa shape index (κ2) is 8.59. The minimum Gasteiger partial charge on any atom is -0.497 e. The highest BCUT2D eigenvalue weighted by Gasteiger charge is 2.40. The van der Waals surface area contributed by atoms with Gasteiger partial charge in [-0.2, -0.15) is 0 Å². The molecule has 1 rings (SSSR count). The zero-order valence-electron chi connectivity index (χ0n) is 12.7. The third kappa shape index (κ3) is 4.58. The molecule has 1 aromatic rings. The molecule has 1 unspecified atom stereocenters. The van der Waals surface area contributed by atoms with Gasteiger partial charge in [0.1, 0.15) is 5.75 Å². The molecule has 0 bridgehead atoms. The van der Waals surface area contributed by atoms with E-state index in [4.69, 9.17) is 13.8 Å². The van der Waals surface area contributed by atoms with Crippen LogP contribution in [-0.4, -0.2) is 37.4 Å². The van der Waals surface area contributed by atoms with Crippen LogP contribution in [0.3, 0.4) is 0 Å². The van der Waals surface area contributed by atoms with Crippen molar-refractivity contribution in [1.29, 1.82) is 0 Å². The summed E-state index contributed by atoms with van der Waals surface area (Å²) in [7, 11) is -1.97. The number of ketones is 1. The van der Waals surface area contributed by atoms with Crippen LogP contribution in [0.2, 0.25) is 0 Å². The number of carbonyl (C=O) groups is 1. The fourth-order valence-corrected chi connectivity index (χ4v) is 5.08. The summed E-state index contributed by atoms with van der Waals surface area (Å²) in [6.07, 6.45) is 1.72. The Labute approximate surface area is 129 Å². The fraction of sp³-hybridized carbons (Fsp3) is 0.500. The number of hydrogen-bond donors (Lipinski definition) is 0. The van der Waals surface area contributed by atoms with Crippen LogP contribution in [0.15, 0.2) is 24.3 Å². The summed E-state index contributed by atoms with van der Waals surface area (Å²) in [6.45, 7) is 3.89. The molecule has 0 radical (unpaired) electrons. The predicted molar refractivity (Wildman–Crippen MR) is 85.5 cm³/mol. The van der Waals surface area contributed by atoms with E-state index in [9.17, 15) is 9.36 Å². The molecule has 118 valence electrons. The predicted octanol–water partition coefficient (Wildman–Crippen LogP) is 3.83. The van der Waals surface area contributed by atoms with E-state index in [1.54, 1.807) is 44.4 Å². The van der Waals surface area contributed by atoms with Crippen LogP contribution >= 0.6 is 19.4 Å². The maximum Gasteiger partial charge on any atom is 0.351 e. The Morgan fingerprint density at radius 3 is 2.38 bits per heavy atom. The molecule has 1 aromatic carbocycles. The molecule has 0 amide bonds. The van der Waals surface area contributed by atoms with Crippen LogP contribution < -0.4 is 4.74 Å². The van der Waals surface area contributed by atoms with Gasteiger partial charge in [-0.05, 0) is 32.2 Å². The average molecular weight is 332 g/mol. The van der Waals surface area contributed by atoms with E-state index in [-0.39, 0.29) is 19.0 Å². The lowest BCUT2D eigenvalue weighted by Crippen LogP contribution is -2.20. The summed E-state index contributed by atoms with van der Waals surface area (Å²) < 4.78 is 28.5. The lowest BCUT2D eigenvalue weighted by molar-refractivity contribution is 0.0994. The summed E-state index contributed by atoms with van der Waals surface area (Å²) in [6, 6.07) is 6.75. The van der Waals surface area contributed by atoms with Crippen LogP contribution in [0.4, 0.5) is 0 Å². The molecule has 0 aliphatic heterocycles. The fourth-order valence-electron chi connectivity index (χ4n) is 1.83. The van der Waals surface area contributed by atoms with E-state index in [1.807, 2.05) is 0 Å². The number of Topliss-reactive ketones (excluding diaryl/α,β-unsaturated/α-hetero) is 1. The largest absolute Gasteiger partial charge is 0.497 e. The molecule has 21 heavy (non-hydrogen) atoms. The topological polar surface area (TPSA) is 61.8 Å². The number of rotatable bonds is 9. The van der Waals surface area contributed by atoms with Crippen LogP contribution in [0.5, 0.6) is 5.75 Å². The van der Waals surface area contributed by atoms with Crippen molar-refractivity contribution in [2.24, 2.45) is 0 Å². The second-order valence-electron chi connectivity index (χ2n) is 4.06. The highest BCUT2D eigenvalue weighted by atomic mass is 32.2. The van der Waals surface area contributed by atoms with Crippen molar-refractivity contribution in [1.82, 2.24) is 0 Å². The Hall–Kier alpha value is -0.810. The minimum atomic E-state index is -3.50. The number of hydrogen-bond acceptors (Lipinski definition) is 6. The molecular formula is C14H21O5PS. The molecule has 0 N–H and O–H groups in total. The molecule has 0 spiro atoms. The van der Waals surface area contributed by atoms with Crippen molar-refractivity contribution in [2.75, 3.05) is 26.6 Å². The van der Waals surface area contributed by atoms with Gasteiger partial charge in [-0.15, -0.1) is 11.8 Å². The Morgan fingerprint density at radius 1 is 1.29 bits per heavy atom. The number of carbonyl (C=O) groups excluding carboxylic acids is 1. The zero-order chi connectivity index (χ0) is 15.9. The van der Waals surface area contributed by atoms with E-state index in [0.717, 1.165) is 0 Å². The highest BCUT2D eigenvalue weighted by molar-refractivity contribution is 8.05. The number of methoxy groups -OCH3 is 1. The molecule has 0 aliphatic carbocycles. The average Bonchev–Trinajstić information content (AvgIpc) is 2.48. The standard InChI is InChI=1S/C14H21O5PS/c1-5-18-20(16,19-6-2)14(21-4)13(15)11-8-7-9-12(10-11)17-3/h7-10,14H,5-6H2,1-4H3. The molecule has 0 heterocycles. The molecule has 0 saturated carbocycles. The lowest BCUT2D eigenvalue weighted by Gasteiger charge is -2.24. The van der Waals surface area contributed by atoms with Crippen molar-refractivity contribution in [2.45, 2.75) is 18.8 Å². The lowest BCUT2D eigenvalue weighted by atomic mass is 10.1.